The number of benzene rings is 2. The van der Waals surface area contributed by atoms with E-state index in [1.165, 1.54) is 5.56 Å². The quantitative estimate of drug-likeness (QED) is 0.225. The van der Waals surface area contributed by atoms with Gasteiger partial charge < -0.3 is 10.1 Å². The number of hydrogen-bond acceptors (Lipinski definition) is 6. The van der Waals surface area contributed by atoms with E-state index >= 15 is 0 Å². The normalized spacial score (nSPS) is 14.6. The summed E-state index contributed by atoms with van der Waals surface area (Å²) in [5.74, 6) is 3.08. The second-order valence-corrected chi connectivity index (χ2v) is 10.5. The highest BCUT2D eigenvalue weighted by Gasteiger charge is 2.24. The van der Waals surface area contributed by atoms with Crippen LogP contribution in [0.25, 0.3) is 5.65 Å². The van der Waals surface area contributed by atoms with E-state index in [-0.39, 0.29) is 0 Å². The number of halogens is 1. The van der Waals surface area contributed by atoms with Gasteiger partial charge in [0.2, 0.25) is 0 Å². The van der Waals surface area contributed by atoms with E-state index in [2.05, 4.69) is 66.6 Å². The van der Waals surface area contributed by atoms with E-state index < -0.39 is 0 Å². The predicted molar refractivity (Wildman–Crippen MR) is 152 cm³/mol. The molecule has 0 radical (unpaired) electrons. The number of aromatic nitrogens is 4. The van der Waals surface area contributed by atoms with Crippen LogP contribution in [0.1, 0.15) is 35.6 Å². The third-order valence-corrected chi connectivity index (χ3v) is 7.49. The molecule has 7 nitrogen and oxygen atoms in total. The Bertz CT molecular complexity index is 1500. The molecular formula is C30H29BrN6O. The predicted octanol–water partition coefficient (Wildman–Crippen LogP) is 6.67. The molecule has 5 aromatic rings. The van der Waals surface area contributed by atoms with Crippen LogP contribution in [0, 0.1) is 0 Å². The van der Waals surface area contributed by atoms with Gasteiger partial charge in [-0.05, 0) is 83.3 Å². The maximum Gasteiger partial charge on any atom is 0.171 e. The van der Waals surface area contributed by atoms with Crippen molar-refractivity contribution in [2.24, 2.45) is 0 Å². The highest BCUT2D eigenvalue weighted by atomic mass is 79.9. The Morgan fingerprint density at radius 1 is 0.895 bits per heavy atom. The van der Waals surface area contributed by atoms with Gasteiger partial charge in [0.1, 0.15) is 17.3 Å². The van der Waals surface area contributed by atoms with Crippen molar-refractivity contribution in [3.05, 3.63) is 113 Å². The molecule has 1 fully saturated rings. The van der Waals surface area contributed by atoms with Gasteiger partial charge in [-0.1, -0.05) is 36.4 Å². The molecule has 0 unspecified atom stereocenters. The average molecular weight is 570 g/mol. The molecule has 6 rings (SSSR count). The fraction of sp³-hybridized carbons (Fsp3) is 0.233. The molecule has 0 atom stereocenters. The van der Waals surface area contributed by atoms with Crippen LogP contribution in [0.15, 0.2) is 95.9 Å². The molecule has 2 aromatic carbocycles. The molecule has 192 valence electrons. The first-order chi connectivity index (χ1) is 18.7. The lowest BCUT2D eigenvalue weighted by Gasteiger charge is -2.32. The second kappa shape index (κ2) is 11.3. The minimum Gasteiger partial charge on any atom is -0.457 e. The first-order valence-electron chi connectivity index (χ1n) is 12.9. The molecule has 1 saturated heterocycles. The summed E-state index contributed by atoms with van der Waals surface area (Å²) in [7, 11) is 0. The minimum atomic E-state index is 0.407. The van der Waals surface area contributed by atoms with Gasteiger partial charge in [0, 0.05) is 43.2 Å². The van der Waals surface area contributed by atoms with Crippen molar-refractivity contribution in [3.8, 4) is 11.5 Å². The first kappa shape index (κ1) is 24.6. The fourth-order valence-corrected chi connectivity index (χ4v) is 5.31. The summed E-state index contributed by atoms with van der Waals surface area (Å²) in [5, 5.41) is 8.06. The number of nitrogens with one attached hydrogen (secondary N) is 1. The first-order valence-corrected chi connectivity index (χ1v) is 13.7. The van der Waals surface area contributed by atoms with Crippen molar-refractivity contribution in [1.29, 1.82) is 0 Å². The summed E-state index contributed by atoms with van der Waals surface area (Å²) in [5.41, 5.74) is 4.34. The van der Waals surface area contributed by atoms with Crippen molar-refractivity contribution >= 4 is 27.4 Å². The number of pyridine rings is 1. The maximum atomic E-state index is 6.03. The van der Waals surface area contributed by atoms with Crippen molar-refractivity contribution in [3.63, 3.8) is 0 Å². The number of fused-ring (bicyclic) bond motifs is 1. The molecule has 4 heterocycles. The Balaban J connectivity index is 1.12. The number of ether oxygens (including phenoxy) is 1. The Labute approximate surface area is 230 Å². The van der Waals surface area contributed by atoms with Crippen LogP contribution in [0.4, 0.5) is 5.82 Å². The molecule has 1 N–H and O–H groups in total. The van der Waals surface area contributed by atoms with Crippen molar-refractivity contribution in [1.82, 2.24) is 24.5 Å². The summed E-state index contributed by atoms with van der Waals surface area (Å²) < 4.78 is 8.80. The van der Waals surface area contributed by atoms with Crippen LogP contribution >= 0.6 is 15.9 Å². The number of para-hydroxylation sites is 1. The van der Waals surface area contributed by atoms with Crippen LogP contribution < -0.4 is 10.1 Å². The van der Waals surface area contributed by atoms with E-state index in [4.69, 9.17) is 9.72 Å². The fourth-order valence-electron chi connectivity index (χ4n) is 4.96. The smallest absolute Gasteiger partial charge is 0.171 e. The highest BCUT2D eigenvalue weighted by Crippen LogP contribution is 2.31. The molecule has 0 spiro atoms. The number of likely N-dealkylation sites (tertiary alicyclic amines) is 1. The lowest BCUT2D eigenvalue weighted by molar-refractivity contribution is 0.203. The van der Waals surface area contributed by atoms with Gasteiger partial charge in [-0.3, -0.25) is 9.88 Å². The maximum absolute atomic E-state index is 6.03. The van der Waals surface area contributed by atoms with Gasteiger partial charge in [0.25, 0.3) is 0 Å². The third kappa shape index (κ3) is 5.71. The van der Waals surface area contributed by atoms with E-state index in [0.29, 0.717) is 12.5 Å². The average Bonchev–Trinajstić information content (AvgIpc) is 3.34. The molecule has 0 bridgehead atoms. The number of rotatable bonds is 8. The Kier molecular flexibility index (Phi) is 7.33. The standard InChI is InChI=1S/C30H29BrN6O/c31-27-20-34-37-29(33-19-23-7-5-13-32-18-23)17-28(35-30(27)37)24-11-14-36(15-12-24)21-22-6-4-10-26(16-22)38-25-8-2-1-3-9-25/h1-10,13,16-18,20,24,33H,11-12,14-15,19,21H2. The molecular weight excluding hydrogens is 540 g/mol. The largest absolute Gasteiger partial charge is 0.457 e. The monoisotopic (exact) mass is 568 g/mol. The summed E-state index contributed by atoms with van der Waals surface area (Å²) in [6, 6.07) is 24.5. The number of nitrogens with zero attached hydrogens (tertiary/aromatic N) is 5. The molecule has 0 aliphatic carbocycles. The second-order valence-electron chi connectivity index (χ2n) is 9.62. The van der Waals surface area contributed by atoms with E-state index in [1.54, 1.807) is 12.4 Å². The Morgan fingerprint density at radius 2 is 1.71 bits per heavy atom. The summed E-state index contributed by atoms with van der Waals surface area (Å²) in [6.45, 7) is 3.65. The zero-order chi connectivity index (χ0) is 25.7. The minimum absolute atomic E-state index is 0.407. The van der Waals surface area contributed by atoms with Crippen LogP contribution in [-0.2, 0) is 13.1 Å². The van der Waals surface area contributed by atoms with Gasteiger partial charge in [0.05, 0.1) is 10.7 Å². The van der Waals surface area contributed by atoms with Crippen molar-refractivity contribution in [2.45, 2.75) is 31.8 Å². The summed E-state index contributed by atoms with van der Waals surface area (Å²) in [4.78, 5) is 11.7. The van der Waals surface area contributed by atoms with Gasteiger partial charge in [0.15, 0.2) is 5.65 Å². The number of hydrogen-bond donors (Lipinski definition) is 1. The molecule has 8 heteroatoms. The highest BCUT2D eigenvalue weighted by molar-refractivity contribution is 9.10. The van der Waals surface area contributed by atoms with E-state index in [0.717, 1.165) is 71.2 Å². The van der Waals surface area contributed by atoms with Gasteiger partial charge in [-0.15, -0.1) is 0 Å². The molecule has 1 aliphatic rings. The Morgan fingerprint density at radius 3 is 2.53 bits per heavy atom. The van der Waals surface area contributed by atoms with Crippen LogP contribution in [-0.4, -0.2) is 37.6 Å². The van der Waals surface area contributed by atoms with Gasteiger partial charge in [-0.25, -0.2) is 4.98 Å². The van der Waals surface area contributed by atoms with Gasteiger partial charge >= 0.3 is 0 Å². The topological polar surface area (TPSA) is 67.6 Å². The van der Waals surface area contributed by atoms with Crippen LogP contribution in [0.3, 0.4) is 0 Å². The molecule has 0 amide bonds. The molecule has 38 heavy (non-hydrogen) atoms. The van der Waals surface area contributed by atoms with Crippen molar-refractivity contribution < 1.29 is 4.74 Å². The Hall–Kier alpha value is -3.75. The van der Waals surface area contributed by atoms with Gasteiger partial charge in [-0.2, -0.15) is 9.61 Å². The van der Waals surface area contributed by atoms with E-state index in [9.17, 15) is 0 Å². The van der Waals surface area contributed by atoms with Crippen molar-refractivity contribution in [2.75, 3.05) is 18.4 Å². The van der Waals surface area contributed by atoms with Crippen LogP contribution in [0.5, 0.6) is 11.5 Å². The zero-order valence-electron chi connectivity index (χ0n) is 21.0. The van der Waals surface area contributed by atoms with E-state index in [1.807, 2.05) is 53.2 Å². The summed E-state index contributed by atoms with van der Waals surface area (Å²) in [6.07, 6.45) is 7.61. The summed E-state index contributed by atoms with van der Waals surface area (Å²) >= 11 is 3.63. The van der Waals surface area contributed by atoms with Crippen LogP contribution in [0.2, 0.25) is 0 Å². The number of piperidine rings is 1. The molecule has 1 aliphatic heterocycles. The SMILES string of the molecule is Brc1cnn2c(NCc3cccnc3)cc(C3CCN(Cc4cccc(Oc5ccccc5)c4)CC3)nc12. The third-order valence-electron chi connectivity index (χ3n) is 6.93. The lowest BCUT2D eigenvalue weighted by Crippen LogP contribution is -2.32. The number of anilines is 1. The molecule has 0 saturated carbocycles. The zero-order valence-corrected chi connectivity index (χ0v) is 22.6. The molecule has 3 aromatic heterocycles. The lowest BCUT2D eigenvalue weighted by atomic mass is 9.93.